The number of benzene rings is 3. The third-order valence-corrected chi connectivity index (χ3v) is 11.6. The predicted octanol–water partition coefficient (Wildman–Crippen LogP) is 9.91. The molecule has 0 spiro atoms. The van der Waals surface area contributed by atoms with E-state index in [1.165, 1.54) is 80.8 Å². The zero-order chi connectivity index (χ0) is 64.4. The van der Waals surface area contributed by atoms with Gasteiger partial charge in [-0.3, -0.25) is 33.2 Å². The van der Waals surface area contributed by atoms with Gasteiger partial charge in [0.2, 0.25) is 29.3 Å². The van der Waals surface area contributed by atoms with Crippen molar-refractivity contribution < 1.29 is 85.4 Å². The van der Waals surface area contributed by atoms with Crippen molar-refractivity contribution in [2.24, 2.45) is 26.9 Å². The Balaban J connectivity index is 0.000000287. The maximum atomic E-state index is 13.4. The van der Waals surface area contributed by atoms with E-state index in [1.54, 1.807) is 0 Å². The van der Waals surface area contributed by atoms with Crippen molar-refractivity contribution in [2.75, 3.05) is 0 Å². The summed E-state index contributed by atoms with van der Waals surface area (Å²) in [7, 11) is 3.51. The average Bonchev–Trinajstić information content (AvgIpc) is 1.77. The molecule has 25 nitrogen and oxygen atoms in total. The van der Waals surface area contributed by atoms with Crippen LogP contribution in [0.3, 0.4) is 0 Å². The molecule has 3 aromatic carbocycles. The monoisotopic (exact) mass is 1290 g/mol. The Bertz CT molecular complexity index is 3900. The molecule has 0 radical (unpaired) electrons. The maximum absolute atomic E-state index is 13.4. The number of hydrogen-bond acceptors (Lipinski definition) is 18. The number of carbonyl (C=O) groups is 4. The Morgan fingerprint density at radius 1 is 0.495 bits per heavy atom. The molecule has 0 bridgehead atoms. The molecule has 37 heteroatoms. The summed E-state index contributed by atoms with van der Waals surface area (Å²) in [5, 5.41) is 45.9. The second-order valence-corrected chi connectivity index (χ2v) is 18.0. The molecule has 0 saturated heterocycles. The highest BCUT2D eigenvalue weighted by Crippen LogP contribution is 2.32. The quantitative estimate of drug-likeness (QED) is 0.0653. The zero-order valence-corrected chi connectivity index (χ0v) is 44.7. The van der Waals surface area contributed by atoms with Crippen LogP contribution in [0.15, 0.2) is 105 Å². The fourth-order valence-electron chi connectivity index (χ4n) is 7.50. The normalized spacial score (nSPS) is 12.1. The molecule has 6 heterocycles. The van der Waals surface area contributed by atoms with Crippen LogP contribution in [0, 0.1) is 40.1 Å². The predicted molar refractivity (Wildman–Crippen MR) is 289 cm³/mol. The highest BCUT2D eigenvalue weighted by Gasteiger charge is 2.39. The second kappa shape index (κ2) is 30.1. The molecular formula is C54H50F12N18O7. The number of amides is 4. The lowest BCUT2D eigenvalue weighted by molar-refractivity contribution is -0.142. The highest BCUT2D eigenvalue weighted by atomic mass is 19.4. The average molecular weight is 1290 g/mol. The maximum Gasteiger partial charge on any atom is 0.435 e. The van der Waals surface area contributed by atoms with E-state index in [1.807, 2.05) is 12.1 Å². The molecule has 0 saturated carbocycles. The van der Waals surface area contributed by atoms with Gasteiger partial charge in [0.1, 0.15) is 52.7 Å². The van der Waals surface area contributed by atoms with E-state index in [9.17, 15) is 71.9 Å². The molecule has 4 amide bonds. The number of hydrogen-bond donors (Lipinski definition) is 4. The summed E-state index contributed by atoms with van der Waals surface area (Å²) in [5.41, 5.74) is 1.20. The largest absolute Gasteiger partial charge is 0.435 e. The second-order valence-electron chi connectivity index (χ2n) is 18.0. The van der Waals surface area contributed by atoms with Crippen molar-refractivity contribution in [2.45, 2.75) is 78.2 Å². The van der Waals surface area contributed by atoms with E-state index in [0.29, 0.717) is 29.3 Å². The summed E-state index contributed by atoms with van der Waals surface area (Å²) in [6.07, 6.45) is -15.2. The number of rotatable bonds is 16. The minimum atomic E-state index is -4.74. The van der Waals surface area contributed by atoms with Crippen LogP contribution in [0.1, 0.15) is 126 Å². The Labute approximate surface area is 505 Å². The van der Waals surface area contributed by atoms with Crippen LogP contribution in [0.25, 0.3) is 34.2 Å². The van der Waals surface area contributed by atoms with Gasteiger partial charge in [-0.25, -0.2) is 13.2 Å². The molecule has 482 valence electrons. The molecule has 0 aliphatic rings. The number of nitrogens with two attached hydrogens (primary N) is 1. The van der Waals surface area contributed by atoms with Crippen LogP contribution in [0.4, 0.5) is 52.7 Å². The van der Waals surface area contributed by atoms with Crippen LogP contribution in [0.5, 0.6) is 0 Å². The SMILES string of the molecule is C.C.C.Cn1nc(C(F)(F)F)cc1C(=O)NC(CC(N)=O)c1nc(-c2cccc(F)c2)no1.Cn1nc(C(F)(F)F)cc1C(=O)N[C@@H](CC#N)c1nc(-c2cccc(F)c2)no1.Cn1nc(C(F)(F)F)cc1C(=O)N[C@H](CC#N)c1nc(-c2cccc(F)c2)no1. The van der Waals surface area contributed by atoms with Crippen molar-refractivity contribution in [3.8, 4) is 46.3 Å². The van der Waals surface area contributed by atoms with E-state index < -0.39 is 107 Å². The van der Waals surface area contributed by atoms with Gasteiger partial charge >= 0.3 is 18.5 Å². The molecule has 91 heavy (non-hydrogen) atoms. The number of nitrogens with zero attached hydrogens (tertiary/aromatic N) is 14. The van der Waals surface area contributed by atoms with Gasteiger partial charge in [-0.15, -0.1) is 0 Å². The number of nitriles is 2. The minimum absolute atomic E-state index is 0. The van der Waals surface area contributed by atoms with Gasteiger partial charge in [-0.1, -0.05) is 74.1 Å². The smallest absolute Gasteiger partial charge is 0.370 e. The van der Waals surface area contributed by atoms with Gasteiger partial charge < -0.3 is 35.3 Å². The van der Waals surface area contributed by atoms with Crippen LogP contribution < -0.4 is 21.7 Å². The van der Waals surface area contributed by atoms with Gasteiger partial charge in [0.25, 0.3) is 29.5 Å². The third-order valence-electron chi connectivity index (χ3n) is 11.6. The van der Waals surface area contributed by atoms with E-state index in [2.05, 4.69) is 61.7 Å². The van der Waals surface area contributed by atoms with E-state index in [-0.39, 0.29) is 87.2 Å². The van der Waals surface area contributed by atoms with Crippen LogP contribution >= 0.6 is 0 Å². The highest BCUT2D eigenvalue weighted by molar-refractivity contribution is 5.94. The number of primary amides is 1. The molecule has 0 fully saturated rings. The fourth-order valence-corrected chi connectivity index (χ4v) is 7.50. The molecular weight excluding hydrogens is 1240 g/mol. The summed E-state index contributed by atoms with van der Waals surface area (Å²) in [6.45, 7) is 0. The Morgan fingerprint density at radius 2 is 0.769 bits per heavy atom. The molecule has 0 aliphatic carbocycles. The Morgan fingerprint density at radius 3 is 1.01 bits per heavy atom. The Kier molecular flexibility index (Phi) is 23.9. The van der Waals surface area contributed by atoms with E-state index in [0.717, 1.165) is 27.2 Å². The Hall–Kier alpha value is -11.3. The fraction of sp³-hybridized carbons (Fsp3) is 0.278. The van der Waals surface area contributed by atoms with Crippen LogP contribution in [-0.4, -0.2) is 83.4 Å². The number of nitrogens with one attached hydrogen (secondary N) is 3. The first kappa shape index (κ1) is 72.2. The van der Waals surface area contributed by atoms with E-state index in [4.69, 9.17) is 29.8 Å². The van der Waals surface area contributed by atoms with Crippen molar-refractivity contribution in [3.05, 3.63) is 160 Å². The first-order valence-electron chi connectivity index (χ1n) is 24.5. The molecule has 0 aliphatic heterocycles. The molecule has 1 unspecified atom stereocenters. The van der Waals surface area contributed by atoms with Gasteiger partial charge in [0, 0.05) is 56.0 Å². The molecule has 5 N–H and O–H groups in total. The van der Waals surface area contributed by atoms with Crippen molar-refractivity contribution >= 4 is 23.6 Å². The van der Waals surface area contributed by atoms with Crippen molar-refractivity contribution in [1.82, 2.24) is 75.7 Å². The van der Waals surface area contributed by atoms with Gasteiger partial charge in [0.05, 0.1) is 31.4 Å². The third kappa shape index (κ3) is 18.6. The molecule has 9 aromatic rings. The van der Waals surface area contributed by atoms with Crippen LogP contribution in [0.2, 0.25) is 0 Å². The van der Waals surface area contributed by atoms with Gasteiger partial charge in [-0.2, -0.15) is 80.3 Å². The lowest BCUT2D eigenvalue weighted by Gasteiger charge is -2.13. The number of halogens is 12. The first-order valence-corrected chi connectivity index (χ1v) is 24.5. The van der Waals surface area contributed by atoms with Crippen LogP contribution in [-0.2, 0) is 44.5 Å². The summed E-state index contributed by atoms with van der Waals surface area (Å²) in [5.74, 6) is -5.75. The summed E-state index contributed by atoms with van der Waals surface area (Å²) in [6, 6.07) is 18.0. The lowest BCUT2D eigenvalue weighted by atomic mass is 10.1. The summed E-state index contributed by atoms with van der Waals surface area (Å²) in [4.78, 5) is 60.7. The van der Waals surface area contributed by atoms with Crippen molar-refractivity contribution in [3.63, 3.8) is 0 Å². The number of alkyl halides is 9. The first-order chi connectivity index (χ1) is 41.4. The minimum Gasteiger partial charge on any atom is -0.370 e. The lowest BCUT2D eigenvalue weighted by Crippen LogP contribution is -2.33. The van der Waals surface area contributed by atoms with E-state index >= 15 is 0 Å². The topological polar surface area (TPSA) is 348 Å². The molecule has 6 aromatic heterocycles. The van der Waals surface area contributed by atoms with Crippen molar-refractivity contribution in [1.29, 1.82) is 10.5 Å². The number of aromatic nitrogens is 12. The summed E-state index contributed by atoms with van der Waals surface area (Å²) >= 11 is 0. The number of carbonyl (C=O) groups excluding carboxylic acids is 4. The standard InChI is InChI=1S/C17H14F4N6O3.2C17H12F4N6O2.3CH4/c1-27-11(7-12(25-27)17(19,20)21)15(29)23-10(6-13(22)28)16-24-14(26-30-16)8-3-2-4-9(18)5-8;2*1-27-12(8-13(25-27)17(19,20)21)15(28)23-11(5-6-22)16-24-14(26-29-16)9-3-2-4-10(18)7-9;;;/h2-5,7,10H,6H2,1H3,(H2,22,28)(H,23,29);2*2-4,7-8,11H,5H2,1H3,(H,23,28);3*1H4/t;2*11-;;;/m.10.../s1. The summed E-state index contributed by atoms with van der Waals surface area (Å²) < 4.78 is 173. The molecule has 9 rings (SSSR count). The van der Waals surface area contributed by atoms with Gasteiger partial charge in [0.15, 0.2) is 17.1 Å². The molecule has 3 atom stereocenters. The number of aryl methyl sites for hydroxylation is 3. The van der Waals surface area contributed by atoms with Gasteiger partial charge in [-0.05, 0) is 36.4 Å². The zero-order valence-electron chi connectivity index (χ0n) is 44.7.